The zero-order valence-electron chi connectivity index (χ0n) is 12.0. The van der Waals surface area contributed by atoms with Crippen molar-refractivity contribution in [3.63, 3.8) is 0 Å². The Labute approximate surface area is 132 Å². The summed E-state index contributed by atoms with van der Waals surface area (Å²) in [6.07, 6.45) is 0. The first kappa shape index (κ1) is 14.8. The summed E-state index contributed by atoms with van der Waals surface area (Å²) in [6.45, 7) is 3.52. The Morgan fingerprint density at radius 1 is 1.09 bits per heavy atom. The smallest absolute Gasteiger partial charge is 0.273 e. The molecule has 3 aromatic rings. The van der Waals surface area contributed by atoms with Crippen LogP contribution in [0.1, 0.15) is 11.3 Å². The number of aryl methyl sites for hydroxylation is 1. The summed E-state index contributed by atoms with van der Waals surface area (Å²) in [4.78, 5) is 0.895. The summed E-state index contributed by atoms with van der Waals surface area (Å²) in [5, 5.41) is 3.75. The van der Waals surface area contributed by atoms with Crippen LogP contribution in [0.4, 0.5) is 5.88 Å². The van der Waals surface area contributed by atoms with E-state index < -0.39 is 10.0 Å². The van der Waals surface area contributed by atoms with Crippen LogP contribution in [0.15, 0.2) is 51.2 Å². The second-order valence-electron chi connectivity index (χ2n) is 4.81. The van der Waals surface area contributed by atoms with Gasteiger partial charge in [-0.15, -0.1) is 11.3 Å². The zero-order valence-corrected chi connectivity index (χ0v) is 13.7. The molecule has 0 atom stereocenters. The van der Waals surface area contributed by atoms with Gasteiger partial charge in [-0.05, 0) is 31.5 Å². The summed E-state index contributed by atoms with van der Waals surface area (Å²) in [5.74, 6) is 0.159. The molecule has 2 aromatic heterocycles. The van der Waals surface area contributed by atoms with Gasteiger partial charge in [-0.2, -0.15) is 0 Å². The largest absolute Gasteiger partial charge is 0.337 e. The molecule has 0 radical (unpaired) electrons. The molecule has 0 bridgehead atoms. The van der Waals surface area contributed by atoms with Gasteiger partial charge in [0.05, 0.1) is 5.69 Å². The number of sulfonamides is 1. The standard InChI is InChI=1S/C15H14N2O3S2/c1-10-11(2)16-20-15(10)17-22(18,19)14-9-8-13(21-14)12-6-4-3-5-7-12/h3-9,17H,1-2H3. The lowest BCUT2D eigenvalue weighted by Crippen LogP contribution is -2.11. The lowest BCUT2D eigenvalue weighted by atomic mass is 10.2. The molecule has 0 saturated heterocycles. The molecule has 0 aliphatic carbocycles. The molecular weight excluding hydrogens is 320 g/mol. The molecule has 0 aliphatic rings. The molecule has 1 aromatic carbocycles. The van der Waals surface area contributed by atoms with Crippen LogP contribution < -0.4 is 4.72 Å². The van der Waals surface area contributed by atoms with Crippen molar-refractivity contribution < 1.29 is 12.9 Å². The van der Waals surface area contributed by atoms with E-state index in [2.05, 4.69) is 9.88 Å². The maximum absolute atomic E-state index is 12.4. The number of thiophene rings is 1. The van der Waals surface area contributed by atoms with Crippen LogP contribution in [0.25, 0.3) is 10.4 Å². The number of nitrogens with one attached hydrogen (secondary N) is 1. The first-order valence-corrected chi connectivity index (χ1v) is 8.88. The molecule has 0 aliphatic heterocycles. The highest BCUT2D eigenvalue weighted by Crippen LogP contribution is 2.32. The van der Waals surface area contributed by atoms with E-state index in [-0.39, 0.29) is 10.1 Å². The predicted octanol–water partition coefficient (Wildman–Crippen LogP) is 3.82. The third kappa shape index (κ3) is 2.77. The van der Waals surface area contributed by atoms with E-state index >= 15 is 0 Å². The van der Waals surface area contributed by atoms with E-state index in [1.807, 2.05) is 30.3 Å². The van der Waals surface area contributed by atoms with Crippen LogP contribution in [-0.2, 0) is 10.0 Å². The highest BCUT2D eigenvalue weighted by molar-refractivity contribution is 7.94. The van der Waals surface area contributed by atoms with Gasteiger partial charge in [-0.3, -0.25) is 0 Å². The number of anilines is 1. The second kappa shape index (κ2) is 5.58. The molecule has 0 unspecified atom stereocenters. The lowest BCUT2D eigenvalue weighted by molar-refractivity contribution is 0.430. The average molecular weight is 334 g/mol. The number of hydrogen-bond donors (Lipinski definition) is 1. The first-order valence-electron chi connectivity index (χ1n) is 6.58. The Morgan fingerprint density at radius 3 is 2.45 bits per heavy atom. The van der Waals surface area contributed by atoms with Crippen molar-refractivity contribution in [2.75, 3.05) is 4.72 Å². The number of nitrogens with zero attached hydrogens (tertiary/aromatic N) is 1. The molecule has 0 saturated carbocycles. The van der Waals surface area contributed by atoms with Crippen molar-refractivity contribution >= 4 is 27.2 Å². The Kier molecular flexibility index (Phi) is 3.76. The molecule has 0 fully saturated rings. The van der Waals surface area contributed by atoms with Crippen LogP contribution in [0, 0.1) is 13.8 Å². The summed E-state index contributed by atoms with van der Waals surface area (Å²) in [6, 6.07) is 13.0. The van der Waals surface area contributed by atoms with Gasteiger partial charge in [0.25, 0.3) is 10.0 Å². The molecule has 114 valence electrons. The van der Waals surface area contributed by atoms with Crippen LogP contribution >= 0.6 is 11.3 Å². The van der Waals surface area contributed by atoms with Crippen LogP contribution in [0.5, 0.6) is 0 Å². The maximum atomic E-state index is 12.4. The Bertz CT molecular complexity index is 896. The highest BCUT2D eigenvalue weighted by Gasteiger charge is 2.21. The summed E-state index contributed by atoms with van der Waals surface area (Å²) >= 11 is 1.21. The van der Waals surface area contributed by atoms with Crippen molar-refractivity contribution in [1.82, 2.24) is 5.16 Å². The fourth-order valence-electron chi connectivity index (χ4n) is 1.90. The van der Waals surface area contributed by atoms with E-state index in [0.29, 0.717) is 11.3 Å². The Hall–Kier alpha value is -2.12. The number of hydrogen-bond acceptors (Lipinski definition) is 5. The fraction of sp³-hybridized carbons (Fsp3) is 0.133. The van der Waals surface area contributed by atoms with Gasteiger partial charge in [-0.1, -0.05) is 35.5 Å². The van der Waals surface area contributed by atoms with E-state index in [1.165, 1.54) is 11.3 Å². The predicted molar refractivity (Wildman–Crippen MR) is 86.5 cm³/mol. The number of benzene rings is 1. The Morgan fingerprint density at radius 2 is 1.82 bits per heavy atom. The van der Waals surface area contributed by atoms with E-state index in [4.69, 9.17) is 4.52 Å². The van der Waals surface area contributed by atoms with Crippen molar-refractivity contribution in [2.45, 2.75) is 18.1 Å². The SMILES string of the molecule is Cc1noc(NS(=O)(=O)c2ccc(-c3ccccc3)s2)c1C. The minimum Gasteiger partial charge on any atom is -0.337 e. The second-order valence-corrected chi connectivity index (χ2v) is 7.81. The summed E-state index contributed by atoms with van der Waals surface area (Å²) in [5.41, 5.74) is 2.33. The van der Waals surface area contributed by atoms with Crippen molar-refractivity contribution in [3.05, 3.63) is 53.7 Å². The van der Waals surface area contributed by atoms with Gasteiger partial charge in [-0.25, -0.2) is 13.1 Å². The van der Waals surface area contributed by atoms with Gasteiger partial charge < -0.3 is 4.52 Å². The third-order valence-electron chi connectivity index (χ3n) is 3.29. The molecule has 22 heavy (non-hydrogen) atoms. The lowest BCUT2D eigenvalue weighted by Gasteiger charge is -2.02. The van der Waals surface area contributed by atoms with Crippen molar-refractivity contribution in [2.24, 2.45) is 0 Å². The average Bonchev–Trinajstić information content (AvgIpc) is 3.11. The van der Waals surface area contributed by atoms with Crippen LogP contribution in [0.3, 0.4) is 0 Å². The molecule has 5 nitrogen and oxygen atoms in total. The zero-order chi connectivity index (χ0) is 15.7. The maximum Gasteiger partial charge on any atom is 0.273 e. The molecule has 0 spiro atoms. The molecule has 0 amide bonds. The molecule has 3 rings (SSSR count). The van der Waals surface area contributed by atoms with E-state index in [0.717, 1.165) is 10.4 Å². The third-order valence-corrected chi connectivity index (χ3v) is 6.25. The summed E-state index contributed by atoms with van der Waals surface area (Å²) in [7, 11) is -3.67. The van der Waals surface area contributed by atoms with Crippen LogP contribution in [0.2, 0.25) is 0 Å². The van der Waals surface area contributed by atoms with Gasteiger partial charge in [0.15, 0.2) is 0 Å². The minimum absolute atomic E-state index is 0.159. The van der Waals surface area contributed by atoms with E-state index in [1.54, 1.807) is 26.0 Å². The topological polar surface area (TPSA) is 72.2 Å². The van der Waals surface area contributed by atoms with Crippen molar-refractivity contribution in [3.8, 4) is 10.4 Å². The monoisotopic (exact) mass is 334 g/mol. The number of aromatic nitrogens is 1. The normalized spacial score (nSPS) is 11.5. The molecule has 2 heterocycles. The van der Waals surface area contributed by atoms with Crippen LogP contribution in [-0.4, -0.2) is 13.6 Å². The van der Waals surface area contributed by atoms with Gasteiger partial charge >= 0.3 is 0 Å². The fourth-order valence-corrected chi connectivity index (χ4v) is 4.26. The van der Waals surface area contributed by atoms with Crippen molar-refractivity contribution in [1.29, 1.82) is 0 Å². The quantitative estimate of drug-likeness (QED) is 0.787. The molecule has 7 heteroatoms. The first-order chi connectivity index (χ1) is 10.5. The van der Waals surface area contributed by atoms with Gasteiger partial charge in [0.1, 0.15) is 4.21 Å². The van der Waals surface area contributed by atoms with E-state index in [9.17, 15) is 8.42 Å². The molecular formula is C15H14N2O3S2. The minimum atomic E-state index is -3.67. The summed E-state index contributed by atoms with van der Waals surface area (Å²) < 4.78 is 32.5. The number of rotatable bonds is 4. The van der Waals surface area contributed by atoms with Gasteiger partial charge in [0, 0.05) is 10.4 Å². The Balaban J connectivity index is 1.90. The highest BCUT2D eigenvalue weighted by atomic mass is 32.2. The van der Waals surface area contributed by atoms with Gasteiger partial charge in [0.2, 0.25) is 5.88 Å². The molecule has 1 N–H and O–H groups in total.